The first-order valence-corrected chi connectivity index (χ1v) is 6.76. The fourth-order valence-corrected chi connectivity index (χ4v) is 3.90. The molecule has 0 aromatic heterocycles. The van der Waals surface area contributed by atoms with Crippen LogP contribution < -0.4 is 5.32 Å². The molecule has 1 aromatic carbocycles. The summed E-state index contributed by atoms with van der Waals surface area (Å²) in [7, 11) is 0. The summed E-state index contributed by atoms with van der Waals surface area (Å²) in [4.78, 5) is 0. The largest absolute Gasteiger partial charge is 0.313 e. The molecule has 1 aliphatic heterocycles. The smallest absolute Gasteiger partial charge is 0.0994 e. The molecule has 2 atom stereocenters. The molecule has 1 saturated heterocycles. The normalized spacial score (nSPS) is 32.4. The molecule has 2 bridgehead atoms. The third kappa shape index (κ3) is 1.26. The Labute approximate surface area is 109 Å². The summed E-state index contributed by atoms with van der Waals surface area (Å²) in [5, 5.41) is 12.9. The van der Waals surface area contributed by atoms with E-state index in [4.69, 9.17) is 0 Å². The minimum Gasteiger partial charge on any atom is -0.313 e. The molecule has 2 unspecified atom stereocenters. The molecule has 3 rings (SSSR count). The molecule has 2 nitrogen and oxygen atoms in total. The number of hydrogen-bond acceptors (Lipinski definition) is 2. The first-order chi connectivity index (χ1) is 8.50. The second-order valence-electron chi connectivity index (χ2n) is 6.46. The van der Waals surface area contributed by atoms with Crippen LogP contribution in [0.2, 0.25) is 0 Å². The summed E-state index contributed by atoms with van der Waals surface area (Å²) in [5.41, 5.74) is 3.97. The molecule has 1 N–H and O–H groups in total. The van der Waals surface area contributed by atoms with Crippen molar-refractivity contribution in [3.63, 3.8) is 0 Å². The maximum absolute atomic E-state index is 9.30. The van der Waals surface area contributed by atoms with Crippen molar-refractivity contribution in [3.05, 3.63) is 34.9 Å². The summed E-state index contributed by atoms with van der Waals surface area (Å²) < 4.78 is 0. The standard InChI is InChI=1S/C16H20N2/c1-15(2)14-9-12-11(10-17)5-4-6-13(12)16(15,3)7-8-18-14/h4-6,14,18H,7-9H2,1-3H3. The fraction of sp³-hybridized carbons (Fsp3) is 0.562. The van der Waals surface area contributed by atoms with Crippen molar-refractivity contribution in [3.8, 4) is 6.07 Å². The molecule has 1 heterocycles. The molecule has 0 spiro atoms. The number of fused-ring (bicyclic) bond motifs is 4. The lowest BCUT2D eigenvalue weighted by Gasteiger charge is -2.57. The summed E-state index contributed by atoms with van der Waals surface area (Å²) in [6, 6.07) is 9.08. The molecular formula is C16H20N2. The van der Waals surface area contributed by atoms with Crippen molar-refractivity contribution in [2.75, 3.05) is 6.54 Å². The number of nitrogens with one attached hydrogen (secondary N) is 1. The zero-order valence-corrected chi connectivity index (χ0v) is 11.4. The maximum Gasteiger partial charge on any atom is 0.0994 e. The number of hydrogen-bond donors (Lipinski definition) is 1. The van der Waals surface area contributed by atoms with Crippen molar-refractivity contribution in [1.29, 1.82) is 5.26 Å². The Morgan fingerprint density at radius 2 is 2.11 bits per heavy atom. The van der Waals surface area contributed by atoms with E-state index in [2.05, 4.69) is 38.2 Å². The number of benzene rings is 1. The molecule has 18 heavy (non-hydrogen) atoms. The van der Waals surface area contributed by atoms with Crippen LogP contribution in [0.25, 0.3) is 0 Å². The Hall–Kier alpha value is -1.33. The molecule has 94 valence electrons. The van der Waals surface area contributed by atoms with E-state index in [1.807, 2.05) is 12.1 Å². The van der Waals surface area contributed by atoms with Gasteiger partial charge in [0.25, 0.3) is 0 Å². The van der Waals surface area contributed by atoms with E-state index in [1.54, 1.807) is 0 Å². The van der Waals surface area contributed by atoms with Gasteiger partial charge in [0.2, 0.25) is 0 Å². The van der Waals surface area contributed by atoms with Crippen LogP contribution in [0, 0.1) is 16.7 Å². The lowest BCUT2D eigenvalue weighted by molar-refractivity contribution is 0.0558. The summed E-state index contributed by atoms with van der Waals surface area (Å²) in [5.74, 6) is 0. The summed E-state index contributed by atoms with van der Waals surface area (Å²) >= 11 is 0. The lowest BCUT2D eigenvalue weighted by atomic mass is 9.51. The van der Waals surface area contributed by atoms with Crippen molar-refractivity contribution in [2.45, 2.75) is 45.1 Å². The highest BCUT2D eigenvalue weighted by Gasteiger charge is 2.53. The van der Waals surface area contributed by atoms with Gasteiger partial charge in [0.15, 0.2) is 0 Å². The minimum atomic E-state index is 0.184. The zero-order chi connectivity index (χ0) is 13.0. The van der Waals surface area contributed by atoms with Gasteiger partial charge in [-0.1, -0.05) is 32.9 Å². The van der Waals surface area contributed by atoms with Crippen molar-refractivity contribution in [1.82, 2.24) is 5.32 Å². The predicted octanol–water partition coefficient (Wildman–Crippen LogP) is 2.76. The minimum absolute atomic E-state index is 0.184. The van der Waals surface area contributed by atoms with Gasteiger partial charge in [-0.05, 0) is 42.0 Å². The van der Waals surface area contributed by atoms with E-state index in [9.17, 15) is 5.26 Å². The molecule has 2 aliphatic rings. The van der Waals surface area contributed by atoms with Gasteiger partial charge in [0.1, 0.15) is 0 Å². The number of rotatable bonds is 0. The highest BCUT2D eigenvalue weighted by Crippen LogP contribution is 2.53. The summed E-state index contributed by atoms with van der Waals surface area (Å²) in [6.45, 7) is 8.19. The number of nitriles is 1. The lowest BCUT2D eigenvalue weighted by Crippen LogP contribution is -2.62. The molecule has 0 saturated carbocycles. The van der Waals surface area contributed by atoms with Crippen LogP contribution in [0.15, 0.2) is 18.2 Å². The quantitative estimate of drug-likeness (QED) is 0.757. The van der Waals surface area contributed by atoms with Gasteiger partial charge < -0.3 is 5.32 Å². The van der Waals surface area contributed by atoms with E-state index in [1.165, 1.54) is 11.1 Å². The first kappa shape index (κ1) is 11.7. The third-order valence-electron chi connectivity index (χ3n) is 5.61. The van der Waals surface area contributed by atoms with Gasteiger partial charge in [-0.15, -0.1) is 0 Å². The molecule has 0 amide bonds. The SMILES string of the molecule is CC12CCNC(Cc3c(C#N)cccc31)C2(C)C. The van der Waals surface area contributed by atoms with Gasteiger partial charge >= 0.3 is 0 Å². The molecule has 1 aliphatic carbocycles. The van der Waals surface area contributed by atoms with Gasteiger partial charge in [-0.2, -0.15) is 5.26 Å². The Kier molecular flexibility index (Phi) is 2.34. The van der Waals surface area contributed by atoms with Gasteiger partial charge in [-0.25, -0.2) is 0 Å². The summed E-state index contributed by atoms with van der Waals surface area (Å²) in [6.07, 6.45) is 2.14. The van der Waals surface area contributed by atoms with Crippen LogP contribution in [0.4, 0.5) is 0 Å². The second-order valence-corrected chi connectivity index (χ2v) is 6.46. The van der Waals surface area contributed by atoms with E-state index in [0.717, 1.165) is 24.9 Å². The van der Waals surface area contributed by atoms with Crippen LogP contribution in [0.1, 0.15) is 43.9 Å². The van der Waals surface area contributed by atoms with E-state index >= 15 is 0 Å². The monoisotopic (exact) mass is 240 g/mol. The van der Waals surface area contributed by atoms with Gasteiger partial charge in [0, 0.05) is 11.5 Å². The van der Waals surface area contributed by atoms with Crippen molar-refractivity contribution in [2.24, 2.45) is 5.41 Å². The average molecular weight is 240 g/mol. The van der Waals surface area contributed by atoms with Crippen LogP contribution in [0.5, 0.6) is 0 Å². The molecule has 2 heteroatoms. The third-order valence-corrected chi connectivity index (χ3v) is 5.61. The Balaban J connectivity index is 2.27. The van der Waals surface area contributed by atoms with Crippen molar-refractivity contribution < 1.29 is 0 Å². The van der Waals surface area contributed by atoms with Crippen LogP contribution in [-0.2, 0) is 11.8 Å². The van der Waals surface area contributed by atoms with Gasteiger partial charge in [0.05, 0.1) is 11.6 Å². The highest BCUT2D eigenvalue weighted by atomic mass is 15.0. The number of nitrogens with zero attached hydrogens (tertiary/aromatic N) is 1. The second kappa shape index (κ2) is 3.59. The van der Waals surface area contributed by atoms with Gasteiger partial charge in [-0.3, -0.25) is 0 Å². The van der Waals surface area contributed by atoms with Crippen LogP contribution >= 0.6 is 0 Å². The Morgan fingerprint density at radius 3 is 2.83 bits per heavy atom. The molecule has 1 fully saturated rings. The maximum atomic E-state index is 9.30. The highest BCUT2D eigenvalue weighted by molar-refractivity contribution is 5.50. The molecular weight excluding hydrogens is 220 g/mol. The van der Waals surface area contributed by atoms with Crippen LogP contribution in [0.3, 0.4) is 0 Å². The fourth-order valence-electron chi connectivity index (χ4n) is 3.90. The molecule has 0 radical (unpaired) electrons. The predicted molar refractivity (Wildman–Crippen MR) is 72.4 cm³/mol. The average Bonchev–Trinajstić information content (AvgIpc) is 2.33. The zero-order valence-electron chi connectivity index (χ0n) is 11.4. The van der Waals surface area contributed by atoms with E-state index in [0.29, 0.717) is 6.04 Å². The topological polar surface area (TPSA) is 35.8 Å². The molecule has 1 aromatic rings. The van der Waals surface area contributed by atoms with Crippen molar-refractivity contribution >= 4 is 0 Å². The Bertz CT molecular complexity index is 539. The number of piperidine rings is 1. The first-order valence-electron chi connectivity index (χ1n) is 6.76. The Morgan fingerprint density at radius 1 is 1.33 bits per heavy atom. The van der Waals surface area contributed by atoms with E-state index < -0.39 is 0 Å². The van der Waals surface area contributed by atoms with E-state index in [-0.39, 0.29) is 10.8 Å². The van der Waals surface area contributed by atoms with Crippen LogP contribution in [-0.4, -0.2) is 12.6 Å².